The van der Waals surface area contributed by atoms with E-state index in [-0.39, 0.29) is 17.9 Å². The fourth-order valence-electron chi connectivity index (χ4n) is 2.63. The van der Waals surface area contributed by atoms with Crippen LogP contribution in [0.25, 0.3) is 0 Å². The molecule has 0 bridgehead atoms. The van der Waals surface area contributed by atoms with Crippen LogP contribution in [0.2, 0.25) is 0 Å². The summed E-state index contributed by atoms with van der Waals surface area (Å²) in [4.78, 5) is 15.4. The fraction of sp³-hybridized carbons (Fsp3) is 0.571. The van der Waals surface area contributed by atoms with Crippen molar-refractivity contribution in [2.75, 3.05) is 0 Å². The van der Waals surface area contributed by atoms with Crippen LogP contribution in [-0.4, -0.2) is 22.2 Å². The molecule has 98 valence electrons. The van der Waals surface area contributed by atoms with Crippen molar-refractivity contribution in [3.8, 4) is 5.75 Å². The molecule has 0 radical (unpaired) electrons. The van der Waals surface area contributed by atoms with Crippen LogP contribution in [0, 0.1) is 5.92 Å². The van der Waals surface area contributed by atoms with E-state index in [0.29, 0.717) is 0 Å². The maximum atomic E-state index is 11.2. The van der Waals surface area contributed by atoms with Crippen LogP contribution in [0.4, 0.5) is 0 Å². The summed E-state index contributed by atoms with van der Waals surface area (Å²) in [5.41, 5.74) is 0.984. The number of carbonyl (C=O) groups is 1. The first-order valence-corrected chi connectivity index (χ1v) is 6.42. The summed E-state index contributed by atoms with van der Waals surface area (Å²) in [5, 5.41) is 9.21. The highest BCUT2D eigenvalue weighted by Gasteiger charge is 2.34. The SMILES string of the molecule is CC(C)Oc1cncc(C2CCCC2C(=O)O)c1. The molecule has 0 aliphatic heterocycles. The van der Waals surface area contributed by atoms with Gasteiger partial charge in [-0.3, -0.25) is 9.78 Å². The summed E-state index contributed by atoms with van der Waals surface area (Å²) in [6.45, 7) is 3.92. The molecule has 0 aromatic carbocycles. The van der Waals surface area contributed by atoms with Gasteiger partial charge >= 0.3 is 5.97 Å². The molecule has 2 atom stereocenters. The minimum Gasteiger partial charge on any atom is -0.489 e. The third-order valence-corrected chi connectivity index (χ3v) is 3.37. The molecule has 2 rings (SSSR count). The number of hydrogen-bond donors (Lipinski definition) is 1. The number of nitrogens with zero attached hydrogens (tertiary/aromatic N) is 1. The number of carboxylic acid groups (broad SMARTS) is 1. The molecule has 18 heavy (non-hydrogen) atoms. The van der Waals surface area contributed by atoms with Gasteiger partial charge < -0.3 is 9.84 Å². The summed E-state index contributed by atoms with van der Waals surface area (Å²) in [7, 11) is 0. The van der Waals surface area contributed by atoms with Gasteiger partial charge in [-0.15, -0.1) is 0 Å². The van der Waals surface area contributed by atoms with Gasteiger partial charge in [0.1, 0.15) is 5.75 Å². The van der Waals surface area contributed by atoms with E-state index in [1.165, 1.54) is 0 Å². The first-order chi connectivity index (χ1) is 8.58. The van der Waals surface area contributed by atoms with Crippen LogP contribution in [0.15, 0.2) is 18.5 Å². The Labute approximate surface area is 107 Å². The molecule has 1 saturated carbocycles. The van der Waals surface area contributed by atoms with E-state index in [1.807, 2.05) is 19.9 Å². The minimum atomic E-state index is -0.701. The molecule has 1 aliphatic rings. The standard InChI is InChI=1S/C14H19NO3/c1-9(2)18-11-6-10(7-15-8-11)12-4-3-5-13(12)14(16)17/h6-9,12-13H,3-5H2,1-2H3,(H,16,17). The number of hydrogen-bond acceptors (Lipinski definition) is 3. The van der Waals surface area contributed by atoms with Crippen molar-refractivity contribution in [1.82, 2.24) is 4.98 Å². The molecule has 2 unspecified atom stereocenters. The minimum absolute atomic E-state index is 0.0747. The lowest BCUT2D eigenvalue weighted by Gasteiger charge is -2.17. The molecule has 4 heteroatoms. The lowest BCUT2D eigenvalue weighted by molar-refractivity contribution is -0.142. The van der Waals surface area contributed by atoms with Gasteiger partial charge in [-0.2, -0.15) is 0 Å². The van der Waals surface area contributed by atoms with E-state index in [4.69, 9.17) is 4.74 Å². The van der Waals surface area contributed by atoms with Crippen LogP contribution in [0.5, 0.6) is 5.75 Å². The normalized spacial score (nSPS) is 23.3. The van der Waals surface area contributed by atoms with E-state index in [9.17, 15) is 9.90 Å². The van der Waals surface area contributed by atoms with Gasteiger partial charge in [0.25, 0.3) is 0 Å². The van der Waals surface area contributed by atoms with Crippen molar-refractivity contribution in [3.63, 3.8) is 0 Å². The lowest BCUT2D eigenvalue weighted by Crippen LogP contribution is -2.17. The number of aromatic nitrogens is 1. The molecule has 4 nitrogen and oxygen atoms in total. The fourth-order valence-corrected chi connectivity index (χ4v) is 2.63. The van der Waals surface area contributed by atoms with Crippen molar-refractivity contribution < 1.29 is 14.6 Å². The number of pyridine rings is 1. The monoisotopic (exact) mass is 249 g/mol. The predicted octanol–water partition coefficient (Wildman–Crippen LogP) is 2.84. The quantitative estimate of drug-likeness (QED) is 0.891. The average molecular weight is 249 g/mol. The molecule has 0 spiro atoms. The van der Waals surface area contributed by atoms with Crippen LogP contribution in [-0.2, 0) is 4.79 Å². The van der Waals surface area contributed by atoms with Gasteiger partial charge in [0.05, 0.1) is 18.2 Å². The van der Waals surface area contributed by atoms with Gasteiger partial charge in [-0.25, -0.2) is 0 Å². The average Bonchev–Trinajstić information content (AvgIpc) is 2.77. The zero-order valence-electron chi connectivity index (χ0n) is 10.8. The maximum absolute atomic E-state index is 11.2. The molecule has 1 aliphatic carbocycles. The van der Waals surface area contributed by atoms with Crippen LogP contribution in [0.1, 0.15) is 44.6 Å². The Morgan fingerprint density at radius 3 is 2.89 bits per heavy atom. The zero-order chi connectivity index (χ0) is 13.1. The molecule has 1 N–H and O–H groups in total. The zero-order valence-corrected chi connectivity index (χ0v) is 10.8. The van der Waals surface area contributed by atoms with E-state index >= 15 is 0 Å². The van der Waals surface area contributed by atoms with E-state index < -0.39 is 5.97 Å². The molecule has 1 fully saturated rings. The Kier molecular flexibility index (Phi) is 3.84. The Bertz CT molecular complexity index is 431. The van der Waals surface area contributed by atoms with Gasteiger partial charge in [-0.05, 0) is 44.2 Å². The van der Waals surface area contributed by atoms with Crippen LogP contribution in [0.3, 0.4) is 0 Å². The number of ether oxygens (including phenoxy) is 1. The highest BCUT2D eigenvalue weighted by molar-refractivity contribution is 5.71. The van der Waals surface area contributed by atoms with Gasteiger partial charge in [0.2, 0.25) is 0 Å². The smallest absolute Gasteiger partial charge is 0.307 e. The maximum Gasteiger partial charge on any atom is 0.307 e. The largest absolute Gasteiger partial charge is 0.489 e. The highest BCUT2D eigenvalue weighted by Crippen LogP contribution is 2.40. The van der Waals surface area contributed by atoms with E-state index in [1.54, 1.807) is 12.4 Å². The van der Waals surface area contributed by atoms with Gasteiger partial charge in [-0.1, -0.05) is 6.42 Å². The molecule has 0 saturated heterocycles. The predicted molar refractivity (Wildman–Crippen MR) is 67.7 cm³/mol. The second-order valence-corrected chi connectivity index (χ2v) is 5.10. The second kappa shape index (κ2) is 5.38. The van der Waals surface area contributed by atoms with Gasteiger partial charge in [0, 0.05) is 6.20 Å². The molecular formula is C14H19NO3. The number of carboxylic acids is 1. The summed E-state index contributed by atoms with van der Waals surface area (Å²) >= 11 is 0. The van der Waals surface area contributed by atoms with Crippen molar-refractivity contribution in [2.45, 2.75) is 45.1 Å². The highest BCUT2D eigenvalue weighted by atomic mass is 16.5. The Morgan fingerprint density at radius 1 is 1.44 bits per heavy atom. The number of aliphatic carboxylic acids is 1. The molecule has 1 aromatic rings. The molecule has 1 heterocycles. The number of rotatable bonds is 4. The summed E-state index contributed by atoms with van der Waals surface area (Å²) in [5.74, 6) is -0.182. The second-order valence-electron chi connectivity index (χ2n) is 5.10. The van der Waals surface area contributed by atoms with Gasteiger partial charge in [0.15, 0.2) is 0 Å². The molecular weight excluding hydrogens is 230 g/mol. The van der Waals surface area contributed by atoms with E-state index in [0.717, 1.165) is 30.6 Å². The van der Waals surface area contributed by atoms with Crippen molar-refractivity contribution in [3.05, 3.63) is 24.0 Å². The summed E-state index contributed by atoms with van der Waals surface area (Å²) in [6, 6.07) is 1.93. The van der Waals surface area contributed by atoms with Crippen molar-refractivity contribution in [2.24, 2.45) is 5.92 Å². The molecule has 1 aromatic heterocycles. The van der Waals surface area contributed by atoms with E-state index in [2.05, 4.69) is 4.98 Å². The third kappa shape index (κ3) is 2.81. The van der Waals surface area contributed by atoms with Crippen LogP contribution < -0.4 is 4.74 Å². The lowest BCUT2D eigenvalue weighted by atomic mass is 9.90. The topological polar surface area (TPSA) is 59.4 Å². The van der Waals surface area contributed by atoms with Crippen molar-refractivity contribution in [1.29, 1.82) is 0 Å². The first kappa shape index (κ1) is 12.9. The first-order valence-electron chi connectivity index (χ1n) is 6.42. The third-order valence-electron chi connectivity index (χ3n) is 3.37. The Morgan fingerprint density at radius 2 is 2.22 bits per heavy atom. The van der Waals surface area contributed by atoms with Crippen LogP contribution >= 0.6 is 0 Å². The summed E-state index contributed by atoms with van der Waals surface area (Å²) < 4.78 is 5.60. The van der Waals surface area contributed by atoms with Crippen molar-refractivity contribution >= 4 is 5.97 Å². The Balaban J connectivity index is 2.19. The molecule has 0 amide bonds. The summed E-state index contributed by atoms with van der Waals surface area (Å²) in [6.07, 6.45) is 6.18. The Hall–Kier alpha value is -1.58.